The molecule has 0 bridgehead atoms. The molecule has 1 aliphatic carbocycles. The van der Waals surface area contributed by atoms with Crippen LogP contribution in [0.1, 0.15) is 42.5 Å². The van der Waals surface area contributed by atoms with Crippen LogP contribution in [0.3, 0.4) is 0 Å². The normalized spacial score (nSPS) is 15.5. The van der Waals surface area contributed by atoms with Crippen LogP contribution < -0.4 is 0 Å². The summed E-state index contributed by atoms with van der Waals surface area (Å²) in [5.74, 6) is 0.143. The molecule has 3 rings (SSSR count). The number of amides is 1. The fourth-order valence-corrected chi connectivity index (χ4v) is 3.30. The predicted octanol–water partition coefficient (Wildman–Crippen LogP) is 4.76. The minimum absolute atomic E-state index is 0.143. The maximum atomic E-state index is 12.8. The maximum Gasteiger partial charge on any atom is 0.253 e. The van der Waals surface area contributed by atoms with Crippen LogP contribution in [0, 0.1) is 0 Å². The summed E-state index contributed by atoms with van der Waals surface area (Å²) < 4.78 is 0. The van der Waals surface area contributed by atoms with E-state index in [0.717, 1.165) is 29.5 Å². The molecule has 1 amide bonds. The number of carbonyl (C=O) groups is 1. The summed E-state index contributed by atoms with van der Waals surface area (Å²) in [6.45, 7) is 0. The molecule has 0 aliphatic heterocycles. The molecule has 0 aromatic heterocycles. The Kier molecular flexibility index (Phi) is 4.57. The number of nitrogens with zero attached hydrogens (tertiary/aromatic N) is 1. The predicted molar refractivity (Wildman–Crippen MR) is 90.8 cm³/mol. The molecule has 114 valence electrons. The van der Waals surface area contributed by atoms with Gasteiger partial charge in [-0.15, -0.1) is 0 Å². The molecule has 2 aromatic rings. The molecule has 0 N–H and O–H groups in total. The van der Waals surface area contributed by atoms with Gasteiger partial charge in [-0.3, -0.25) is 4.79 Å². The molecule has 2 aromatic carbocycles. The van der Waals surface area contributed by atoms with Crippen LogP contribution in [0.2, 0.25) is 0 Å². The molecular formula is C20H23NO. The zero-order valence-corrected chi connectivity index (χ0v) is 13.2. The Balaban J connectivity index is 1.81. The molecule has 1 saturated carbocycles. The number of benzene rings is 2. The molecule has 2 nitrogen and oxygen atoms in total. The molecule has 2 heteroatoms. The minimum Gasteiger partial charge on any atom is -0.339 e. The van der Waals surface area contributed by atoms with Gasteiger partial charge in [-0.25, -0.2) is 0 Å². The second kappa shape index (κ2) is 6.78. The van der Waals surface area contributed by atoms with E-state index in [1.54, 1.807) is 0 Å². The molecule has 0 radical (unpaired) electrons. The van der Waals surface area contributed by atoms with Gasteiger partial charge in [0.25, 0.3) is 5.91 Å². The fourth-order valence-electron chi connectivity index (χ4n) is 3.30. The lowest BCUT2D eigenvalue weighted by atomic mass is 9.94. The van der Waals surface area contributed by atoms with Crippen molar-refractivity contribution in [2.24, 2.45) is 0 Å². The van der Waals surface area contributed by atoms with Crippen molar-refractivity contribution in [1.29, 1.82) is 0 Å². The number of rotatable bonds is 3. The second-order valence-electron chi connectivity index (χ2n) is 6.15. The van der Waals surface area contributed by atoms with Crippen molar-refractivity contribution in [3.8, 4) is 11.1 Å². The van der Waals surface area contributed by atoms with Gasteiger partial charge in [-0.1, -0.05) is 61.7 Å². The highest BCUT2D eigenvalue weighted by molar-refractivity contribution is 5.95. The molecule has 0 atom stereocenters. The summed E-state index contributed by atoms with van der Waals surface area (Å²) in [5.41, 5.74) is 3.04. The summed E-state index contributed by atoms with van der Waals surface area (Å²) in [4.78, 5) is 14.7. The Bertz CT molecular complexity index is 629. The van der Waals surface area contributed by atoms with Gasteiger partial charge in [0.1, 0.15) is 0 Å². The first-order valence-electron chi connectivity index (χ1n) is 8.18. The maximum absolute atomic E-state index is 12.8. The van der Waals surface area contributed by atoms with Crippen LogP contribution in [0.15, 0.2) is 54.6 Å². The number of hydrogen-bond acceptors (Lipinski definition) is 1. The van der Waals surface area contributed by atoms with Crippen LogP contribution in [0.25, 0.3) is 11.1 Å². The van der Waals surface area contributed by atoms with Crippen LogP contribution in [0.4, 0.5) is 0 Å². The zero-order valence-electron chi connectivity index (χ0n) is 13.2. The van der Waals surface area contributed by atoms with Crippen molar-refractivity contribution in [3.63, 3.8) is 0 Å². The largest absolute Gasteiger partial charge is 0.339 e. The molecule has 0 saturated heterocycles. The first-order chi connectivity index (χ1) is 10.8. The third kappa shape index (κ3) is 3.22. The topological polar surface area (TPSA) is 20.3 Å². The lowest BCUT2D eigenvalue weighted by Gasteiger charge is -2.31. The van der Waals surface area contributed by atoms with E-state index in [1.165, 1.54) is 19.3 Å². The van der Waals surface area contributed by atoms with Gasteiger partial charge in [0.2, 0.25) is 0 Å². The van der Waals surface area contributed by atoms with Crippen LogP contribution in [0.5, 0.6) is 0 Å². The van der Waals surface area contributed by atoms with E-state index in [9.17, 15) is 4.79 Å². The van der Waals surface area contributed by atoms with Crippen molar-refractivity contribution in [3.05, 3.63) is 60.2 Å². The molecule has 1 aliphatic rings. The highest BCUT2D eigenvalue weighted by Crippen LogP contribution is 2.24. The van der Waals surface area contributed by atoms with Gasteiger partial charge < -0.3 is 4.90 Å². The average Bonchev–Trinajstić information content (AvgIpc) is 2.62. The lowest BCUT2D eigenvalue weighted by molar-refractivity contribution is 0.0696. The minimum atomic E-state index is 0.143. The molecular weight excluding hydrogens is 270 g/mol. The van der Waals surface area contributed by atoms with Crippen LogP contribution in [-0.2, 0) is 0 Å². The van der Waals surface area contributed by atoms with E-state index in [-0.39, 0.29) is 5.91 Å². The van der Waals surface area contributed by atoms with Gasteiger partial charge >= 0.3 is 0 Å². The van der Waals surface area contributed by atoms with Gasteiger partial charge in [0, 0.05) is 18.7 Å². The molecule has 0 spiro atoms. The molecule has 0 unspecified atom stereocenters. The quantitative estimate of drug-likeness (QED) is 0.799. The van der Waals surface area contributed by atoms with Crippen molar-refractivity contribution >= 4 is 5.91 Å². The smallest absolute Gasteiger partial charge is 0.253 e. The van der Waals surface area contributed by atoms with Gasteiger partial charge in [-0.05, 0) is 36.1 Å². The van der Waals surface area contributed by atoms with E-state index < -0.39 is 0 Å². The van der Waals surface area contributed by atoms with E-state index in [4.69, 9.17) is 0 Å². The second-order valence-corrected chi connectivity index (χ2v) is 6.15. The zero-order chi connectivity index (χ0) is 15.4. The molecule has 1 fully saturated rings. The SMILES string of the molecule is CN(C(=O)c1cccc(-c2ccccc2)c1)C1CCCCC1. The Morgan fingerprint density at radius 3 is 2.32 bits per heavy atom. The van der Waals surface area contributed by atoms with Crippen LogP contribution >= 0.6 is 0 Å². The summed E-state index contributed by atoms with van der Waals surface area (Å²) in [5, 5.41) is 0. The standard InChI is InChI=1S/C20H23NO/c1-21(19-13-6-3-7-14-19)20(22)18-12-8-11-17(15-18)16-9-4-2-5-10-16/h2,4-5,8-12,15,19H,3,6-7,13-14H2,1H3. The summed E-state index contributed by atoms with van der Waals surface area (Å²) >= 11 is 0. The Labute approximate surface area is 132 Å². The third-order valence-electron chi connectivity index (χ3n) is 4.66. The van der Waals surface area contributed by atoms with Crippen LogP contribution in [-0.4, -0.2) is 23.9 Å². The highest BCUT2D eigenvalue weighted by Gasteiger charge is 2.23. The molecule has 22 heavy (non-hydrogen) atoms. The Hall–Kier alpha value is -2.09. The monoisotopic (exact) mass is 293 g/mol. The van der Waals surface area contributed by atoms with Gasteiger partial charge in [0.15, 0.2) is 0 Å². The highest BCUT2D eigenvalue weighted by atomic mass is 16.2. The fraction of sp³-hybridized carbons (Fsp3) is 0.350. The van der Waals surface area contributed by atoms with E-state index in [1.807, 2.05) is 48.3 Å². The van der Waals surface area contributed by atoms with Crippen molar-refractivity contribution < 1.29 is 4.79 Å². The third-order valence-corrected chi connectivity index (χ3v) is 4.66. The van der Waals surface area contributed by atoms with E-state index in [0.29, 0.717) is 6.04 Å². The lowest BCUT2D eigenvalue weighted by Crippen LogP contribution is -2.38. The first-order valence-corrected chi connectivity index (χ1v) is 8.18. The average molecular weight is 293 g/mol. The van der Waals surface area contributed by atoms with E-state index in [2.05, 4.69) is 18.2 Å². The van der Waals surface area contributed by atoms with Gasteiger partial charge in [0.05, 0.1) is 0 Å². The number of carbonyl (C=O) groups excluding carboxylic acids is 1. The first kappa shape index (κ1) is 14.8. The molecule has 0 heterocycles. The summed E-state index contributed by atoms with van der Waals surface area (Å²) in [6.07, 6.45) is 6.07. The van der Waals surface area contributed by atoms with E-state index >= 15 is 0 Å². The summed E-state index contributed by atoms with van der Waals surface area (Å²) in [6, 6.07) is 18.6. The van der Waals surface area contributed by atoms with Crippen molar-refractivity contribution in [1.82, 2.24) is 4.90 Å². The van der Waals surface area contributed by atoms with Crippen molar-refractivity contribution in [2.45, 2.75) is 38.1 Å². The van der Waals surface area contributed by atoms with Crippen molar-refractivity contribution in [2.75, 3.05) is 7.05 Å². The Morgan fingerprint density at radius 2 is 1.59 bits per heavy atom. The van der Waals surface area contributed by atoms with Gasteiger partial charge in [-0.2, -0.15) is 0 Å². The Morgan fingerprint density at radius 1 is 0.909 bits per heavy atom. The summed E-state index contributed by atoms with van der Waals surface area (Å²) in [7, 11) is 1.95. The number of hydrogen-bond donors (Lipinski definition) is 0.